The molecule has 0 aromatic carbocycles. The Hall–Kier alpha value is -1.56. The Morgan fingerprint density at radius 3 is 2.76 bits per heavy atom. The van der Waals surface area contributed by atoms with Crippen molar-refractivity contribution in [1.29, 1.82) is 0 Å². The highest BCUT2D eigenvalue weighted by atomic mass is 16.5. The number of hydrogen-bond acceptors (Lipinski definition) is 6. The third kappa shape index (κ3) is 3.74. The van der Waals surface area contributed by atoms with Crippen molar-refractivity contribution in [2.45, 2.75) is 26.3 Å². The largest absolute Gasteiger partial charge is 0.491 e. The van der Waals surface area contributed by atoms with Crippen molar-refractivity contribution in [2.24, 2.45) is 5.92 Å². The van der Waals surface area contributed by atoms with Crippen molar-refractivity contribution < 1.29 is 9.84 Å². The normalized spacial score (nSPS) is 12.5. The molecule has 17 heavy (non-hydrogen) atoms. The van der Waals surface area contributed by atoms with Crippen LogP contribution in [0.3, 0.4) is 0 Å². The van der Waals surface area contributed by atoms with Gasteiger partial charge in [0.05, 0.1) is 13.3 Å². The van der Waals surface area contributed by atoms with E-state index >= 15 is 0 Å². The number of nitrogens with two attached hydrogens (primary N) is 1. The van der Waals surface area contributed by atoms with Gasteiger partial charge in [-0.2, -0.15) is 4.98 Å². The van der Waals surface area contributed by atoms with Gasteiger partial charge in [-0.25, -0.2) is 4.98 Å². The highest BCUT2D eigenvalue weighted by molar-refractivity contribution is 5.51. The molecule has 4 N–H and O–H groups in total. The second-order valence-corrected chi connectivity index (χ2v) is 4.15. The standard InChI is InChI=1S/C11H20N4O2/c1-7(2)8(4-5-16)14-10-9(17-3)6-13-11(12)15-10/h6-8,16H,4-5H2,1-3H3,(H3,12,13,14,15)/t8-/m0/s1. The van der Waals surface area contributed by atoms with Gasteiger partial charge in [0.2, 0.25) is 5.95 Å². The van der Waals surface area contributed by atoms with Crippen LogP contribution in [0, 0.1) is 5.92 Å². The lowest BCUT2D eigenvalue weighted by molar-refractivity contribution is 0.267. The number of ether oxygens (including phenoxy) is 1. The quantitative estimate of drug-likeness (QED) is 0.683. The zero-order chi connectivity index (χ0) is 12.8. The van der Waals surface area contributed by atoms with E-state index in [4.69, 9.17) is 15.6 Å². The summed E-state index contributed by atoms with van der Waals surface area (Å²) in [6.07, 6.45) is 2.17. The van der Waals surface area contributed by atoms with Crippen LogP contribution in [0.5, 0.6) is 5.75 Å². The summed E-state index contributed by atoms with van der Waals surface area (Å²) >= 11 is 0. The number of nitrogens with zero attached hydrogens (tertiary/aromatic N) is 2. The predicted octanol–water partition coefficient (Wildman–Crippen LogP) is 0.886. The van der Waals surface area contributed by atoms with Crippen molar-refractivity contribution in [3.63, 3.8) is 0 Å². The van der Waals surface area contributed by atoms with Crippen molar-refractivity contribution in [3.05, 3.63) is 6.20 Å². The van der Waals surface area contributed by atoms with Gasteiger partial charge in [-0.15, -0.1) is 0 Å². The summed E-state index contributed by atoms with van der Waals surface area (Å²) in [7, 11) is 1.55. The molecule has 0 bridgehead atoms. The lowest BCUT2D eigenvalue weighted by Crippen LogP contribution is -2.27. The molecule has 0 aliphatic carbocycles. The van der Waals surface area contributed by atoms with Crippen LogP contribution in [-0.4, -0.2) is 34.8 Å². The molecule has 0 unspecified atom stereocenters. The minimum Gasteiger partial charge on any atom is -0.491 e. The van der Waals surface area contributed by atoms with E-state index in [1.807, 2.05) is 0 Å². The van der Waals surface area contributed by atoms with Gasteiger partial charge in [-0.05, 0) is 12.3 Å². The summed E-state index contributed by atoms with van der Waals surface area (Å²) in [5.74, 6) is 1.66. The molecule has 96 valence electrons. The summed E-state index contributed by atoms with van der Waals surface area (Å²) < 4.78 is 5.15. The minimum absolute atomic E-state index is 0.114. The van der Waals surface area contributed by atoms with E-state index in [0.717, 1.165) is 0 Å². The summed E-state index contributed by atoms with van der Waals surface area (Å²) in [5.41, 5.74) is 5.54. The van der Waals surface area contributed by atoms with E-state index < -0.39 is 0 Å². The first-order valence-corrected chi connectivity index (χ1v) is 5.62. The Morgan fingerprint density at radius 1 is 1.53 bits per heavy atom. The fourth-order valence-corrected chi connectivity index (χ4v) is 1.52. The van der Waals surface area contributed by atoms with Gasteiger partial charge >= 0.3 is 0 Å². The topological polar surface area (TPSA) is 93.3 Å². The molecule has 0 amide bonds. The predicted molar refractivity (Wildman–Crippen MR) is 66.9 cm³/mol. The number of methoxy groups -OCH3 is 1. The molecular weight excluding hydrogens is 220 g/mol. The Bertz CT molecular complexity index is 357. The highest BCUT2D eigenvalue weighted by Crippen LogP contribution is 2.23. The fraction of sp³-hybridized carbons (Fsp3) is 0.636. The van der Waals surface area contributed by atoms with Crippen molar-refractivity contribution in [2.75, 3.05) is 24.8 Å². The SMILES string of the molecule is COc1cnc(N)nc1N[C@@H](CCO)C(C)C. The number of aliphatic hydroxyl groups is 1. The first kappa shape index (κ1) is 13.5. The lowest BCUT2D eigenvalue weighted by Gasteiger charge is -2.23. The Kier molecular flexibility index (Phi) is 4.96. The molecule has 1 atom stereocenters. The molecule has 0 saturated heterocycles. The molecule has 1 aromatic rings. The van der Waals surface area contributed by atoms with Crippen molar-refractivity contribution in [3.8, 4) is 5.75 Å². The molecule has 0 radical (unpaired) electrons. The van der Waals surface area contributed by atoms with E-state index in [-0.39, 0.29) is 18.6 Å². The first-order chi connectivity index (χ1) is 8.08. The van der Waals surface area contributed by atoms with Crippen molar-refractivity contribution in [1.82, 2.24) is 9.97 Å². The van der Waals surface area contributed by atoms with Gasteiger partial charge < -0.3 is 20.9 Å². The number of rotatable bonds is 6. The van der Waals surface area contributed by atoms with Crippen LogP contribution in [0.25, 0.3) is 0 Å². The van der Waals surface area contributed by atoms with Gasteiger partial charge in [0.15, 0.2) is 11.6 Å². The molecular formula is C11H20N4O2. The Morgan fingerprint density at radius 2 is 2.24 bits per heavy atom. The van der Waals surface area contributed by atoms with Crippen LogP contribution in [-0.2, 0) is 0 Å². The molecule has 0 fully saturated rings. The zero-order valence-corrected chi connectivity index (χ0v) is 10.5. The number of aromatic nitrogens is 2. The maximum absolute atomic E-state index is 9.02. The van der Waals surface area contributed by atoms with E-state index in [1.54, 1.807) is 7.11 Å². The molecule has 6 heteroatoms. The fourth-order valence-electron chi connectivity index (χ4n) is 1.52. The molecule has 0 aliphatic heterocycles. The monoisotopic (exact) mass is 240 g/mol. The second-order valence-electron chi connectivity index (χ2n) is 4.15. The summed E-state index contributed by atoms with van der Waals surface area (Å²) in [4.78, 5) is 7.96. The lowest BCUT2D eigenvalue weighted by atomic mass is 10.0. The maximum atomic E-state index is 9.02. The van der Waals surface area contributed by atoms with Crippen LogP contribution in [0.2, 0.25) is 0 Å². The Balaban J connectivity index is 2.87. The van der Waals surface area contributed by atoms with Crippen LogP contribution in [0.1, 0.15) is 20.3 Å². The zero-order valence-electron chi connectivity index (χ0n) is 10.5. The average Bonchev–Trinajstić information content (AvgIpc) is 2.28. The smallest absolute Gasteiger partial charge is 0.222 e. The van der Waals surface area contributed by atoms with Crippen LogP contribution < -0.4 is 15.8 Å². The summed E-state index contributed by atoms with van der Waals surface area (Å²) in [5, 5.41) is 12.2. The van der Waals surface area contributed by atoms with Gasteiger partial charge in [0.25, 0.3) is 0 Å². The van der Waals surface area contributed by atoms with Crippen LogP contribution in [0.15, 0.2) is 6.20 Å². The molecule has 1 rings (SSSR count). The number of anilines is 2. The van der Waals surface area contributed by atoms with Crippen LogP contribution in [0.4, 0.5) is 11.8 Å². The van der Waals surface area contributed by atoms with Crippen LogP contribution >= 0.6 is 0 Å². The van der Waals surface area contributed by atoms with E-state index in [9.17, 15) is 0 Å². The average molecular weight is 240 g/mol. The van der Waals surface area contributed by atoms with Gasteiger partial charge in [0, 0.05) is 12.6 Å². The van der Waals surface area contributed by atoms with Crippen molar-refractivity contribution >= 4 is 11.8 Å². The minimum atomic E-state index is 0.114. The number of nitrogen functional groups attached to an aromatic ring is 1. The van der Waals surface area contributed by atoms with E-state index in [0.29, 0.717) is 23.9 Å². The third-order valence-electron chi connectivity index (χ3n) is 2.56. The summed E-state index contributed by atoms with van der Waals surface area (Å²) in [6.45, 7) is 4.27. The molecule has 0 aliphatic rings. The molecule has 6 nitrogen and oxygen atoms in total. The van der Waals surface area contributed by atoms with Gasteiger partial charge in [-0.3, -0.25) is 0 Å². The molecule has 0 saturated carbocycles. The van der Waals surface area contributed by atoms with Gasteiger partial charge in [-0.1, -0.05) is 13.8 Å². The third-order valence-corrected chi connectivity index (χ3v) is 2.56. The summed E-state index contributed by atoms with van der Waals surface area (Å²) in [6, 6.07) is 0.114. The Labute approximate surface area is 101 Å². The first-order valence-electron chi connectivity index (χ1n) is 5.62. The van der Waals surface area contributed by atoms with Gasteiger partial charge in [0.1, 0.15) is 0 Å². The highest BCUT2D eigenvalue weighted by Gasteiger charge is 2.16. The maximum Gasteiger partial charge on any atom is 0.222 e. The molecule has 0 spiro atoms. The number of nitrogens with one attached hydrogen (secondary N) is 1. The molecule has 1 heterocycles. The number of hydrogen-bond donors (Lipinski definition) is 3. The second kappa shape index (κ2) is 6.24. The van der Waals surface area contributed by atoms with E-state index in [1.165, 1.54) is 6.20 Å². The number of aliphatic hydroxyl groups excluding tert-OH is 1. The molecule has 1 aromatic heterocycles. The van der Waals surface area contributed by atoms with E-state index in [2.05, 4.69) is 29.1 Å².